The van der Waals surface area contributed by atoms with Crippen molar-refractivity contribution in [3.63, 3.8) is 0 Å². The summed E-state index contributed by atoms with van der Waals surface area (Å²) in [6.07, 6.45) is 1.59. The first-order chi connectivity index (χ1) is 6.20. The second kappa shape index (κ2) is 4.41. The van der Waals surface area contributed by atoms with Crippen molar-refractivity contribution in [3.8, 4) is 0 Å². The monoisotopic (exact) mass is 185 g/mol. The van der Waals surface area contributed by atoms with Crippen LogP contribution in [0.15, 0.2) is 22.8 Å². The van der Waals surface area contributed by atoms with Crippen LogP contribution < -0.4 is 5.32 Å². The maximum absolute atomic E-state index is 8.96. The Morgan fingerprint density at radius 3 is 2.62 bits per heavy atom. The molecule has 4 heteroatoms. The maximum atomic E-state index is 8.96. The lowest BCUT2D eigenvalue weighted by Gasteiger charge is -2.25. The van der Waals surface area contributed by atoms with E-state index in [4.69, 9.17) is 14.6 Å². The molecule has 3 N–H and O–H groups in total. The lowest BCUT2D eigenvalue weighted by Crippen LogP contribution is -2.48. The summed E-state index contributed by atoms with van der Waals surface area (Å²) < 4.78 is 5.09. The molecule has 0 aromatic carbocycles. The van der Waals surface area contributed by atoms with E-state index in [0.29, 0.717) is 6.54 Å². The van der Waals surface area contributed by atoms with Gasteiger partial charge in [-0.2, -0.15) is 0 Å². The number of aliphatic hydroxyl groups is 2. The highest BCUT2D eigenvalue weighted by Crippen LogP contribution is 2.05. The van der Waals surface area contributed by atoms with Gasteiger partial charge in [0.15, 0.2) is 0 Å². The first kappa shape index (κ1) is 10.2. The fourth-order valence-corrected chi connectivity index (χ4v) is 0.875. The molecule has 0 saturated heterocycles. The Bertz CT molecular complexity index is 229. The molecule has 0 fully saturated rings. The maximum Gasteiger partial charge on any atom is 0.117 e. The van der Waals surface area contributed by atoms with E-state index in [-0.39, 0.29) is 13.2 Å². The smallest absolute Gasteiger partial charge is 0.117 e. The van der Waals surface area contributed by atoms with Crippen LogP contribution in [0.25, 0.3) is 0 Å². The summed E-state index contributed by atoms with van der Waals surface area (Å²) in [5.74, 6) is 0.785. The van der Waals surface area contributed by atoms with Crippen molar-refractivity contribution in [2.24, 2.45) is 0 Å². The van der Waals surface area contributed by atoms with E-state index in [9.17, 15) is 0 Å². The number of hydrogen-bond acceptors (Lipinski definition) is 4. The average Bonchev–Trinajstić information content (AvgIpc) is 2.67. The Labute approximate surface area is 77.2 Å². The highest BCUT2D eigenvalue weighted by Gasteiger charge is 2.21. The van der Waals surface area contributed by atoms with E-state index in [1.807, 2.05) is 6.07 Å². The quantitative estimate of drug-likeness (QED) is 0.609. The van der Waals surface area contributed by atoms with E-state index >= 15 is 0 Å². The van der Waals surface area contributed by atoms with Crippen molar-refractivity contribution < 1.29 is 14.6 Å². The zero-order valence-electron chi connectivity index (χ0n) is 7.66. The molecule has 74 valence electrons. The molecule has 0 aliphatic carbocycles. The molecular weight excluding hydrogens is 170 g/mol. The minimum atomic E-state index is -0.646. The summed E-state index contributed by atoms with van der Waals surface area (Å²) in [4.78, 5) is 0. The lowest BCUT2D eigenvalue weighted by molar-refractivity contribution is 0.101. The Balaban J connectivity index is 2.41. The number of furan rings is 1. The van der Waals surface area contributed by atoms with Crippen LogP contribution >= 0.6 is 0 Å². The molecule has 1 rings (SSSR count). The summed E-state index contributed by atoms with van der Waals surface area (Å²) in [6, 6.07) is 3.63. The van der Waals surface area contributed by atoms with Crippen LogP contribution in [0, 0.1) is 0 Å². The molecule has 4 nitrogen and oxygen atoms in total. The largest absolute Gasteiger partial charge is 0.468 e. The fraction of sp³-hybridized carbons (Fsp3) is 0.556. The molecule has 0 unspecified atom stereocenters. The van der Waals surface area contributed by atoms with Gasteiger partial charge in [-0.15, -0.1) is 0 Å². The minimum absolute atomic E-state index is 0.107. The van der Waals surface area contributed by atoms with E-state index in [0.717, 1.165) is 5.76 Å². The predicted octanol–water partition coefficient (Wildman–Crippen LogP) is 0.112. The highest BCUT2D eigenvalue weighted by molar-refractivity contribution is 4.98. The summed E-state index contributed by atoms with van der Waals surface area (Å²) in [5.41, 5.74) is -0.646. The molecule has 1 aromatic rings. The van der Waals surface area contributed by atoms with Gasteiger partial charge in [0.25, 0.3) is 0 Å². The van der Waals surface area contributed by atoms with Crippen molar-refractivity contribution in [2.45, 2.75) is 19.0 Å². The molecule has 1 heterocycles. The zero-order chi connectivity index (χ0) is 9.73. The van der Waals surface area contributed by atoms with Crippen molar-refractivity contribution in [3.05, 3.63) is 24.2 Å². The van der Waals surface area contributed by atoms with Crippen molar-refractivity contribution in [1.29, 1.82) is 0 Å². The lowest BCUT2D eigenvalue weighted by atomic mass is 10.1. The predicted molar refractivity (Wildman–Crippen MR) is 48.1 cm³/mol. The van der Waals surface area contributed by atoms with Gasteiger partial charge in [0.2, 0.25) is 0 Å². The Hall–Kier alpha value is -0.840. The molecule has 0 bridgehead atoms. The van der Waals surface area contributed by atoms with Gasteiger partial charge in [0, 0.05) is 0 Å². The Kier molecular flexibility index (Phi) is 3.48. The van der Waals surface area contributed by atoms with Crippen LogP contribution in [0.5, 0.6) is 0 Å². The van der Waals surface area contributed by atoms with Crippen LogP contribution in [0.1, 0.15) is 12.7 Å². The molecular formula is C9H15NO3. The molecule has 0 saturated carbocycles. The standard InChI is InChI=1S/C9H15NO3/c1-9(6-11,7-12)10-5-8-3-2-4-13-8/h2-4,10-12H,5-7H2,1H3. The van der Waals surface area contributed by atoms with Crippen molar-refractivity contribution >= 4 is 0 Å². The topological polar surface area (TPSA) is 65.6 Å². The second-order valence-electron chi connectivity index (χ2n) is 3.31. The van der Waals surface area contributed by atoms with Crippen LogP contribution in [0.3, 0.4) is 0 Å². The van der Waals surface area contributed by atoms with Gasteiger partial charge >= 0.3 is 0 Å². The number of nitrogens with one attached hydrogen (secondary N) is 1. The normalized spacial score (nSPS) is 11.9. The molecule has 0 aliphatic rings. The fourth-order valence-electron chi connectivity index (χ4n) is 0.875. The van der Waals surface area contributed by atoms with Crippen LogP contribution in [0.4, 0.5) is 0 Å². The third kappa shape index (κ3) is 2.84. The summed E-state index contributed by atoms with van der Waals surface area (Å²) in [7, 11) is 0. The molecule has 1 aromatic heterocycles. The number of hydrogen-bond donors (Lipinski definition) is 3. The average molecular weight is 185 g/mol. The molecule has 0 atom stereocenters. The third-order valence-electron chi connectivity index (χ3n) is 1.97. The summed E-state index contributed by atoms with van der Waals surface area (Å²) in [6.45, 7) is 2.04. The van der Waals surface area contributed by atoms with Crippen molar-refractivity contribution in [2.75, 3.05) is 13.2 Å². The van der Waals surface area contributed by atoms with Crippen LogP contribution in [-0.4, -0.2) is 29.0 Å². The first-order valence-electron chi connectivity index (χ1n) is 4.19. The molecule has 0 radical (unpaired) electrons. The SMILES string of the molecule is CC(CO)(CO)NCc1ccco1. The molecule has 0 aliphatic heterocycles. The first-order valence-corrected chi connectivity index (χ1v) is 4.19. The van der Waals surface area contributed by atoms with E-state index in [1.54, 1.807) is 19.3 Å². The van der Waals surface area contributed by atoms with Gasteiger partial charge in [-0.1, -0.05) is 0 Å². The van der Waals surface area contributed by atoms with Crippen LogP contribution in [-0.2, 0) is 6.54 Å². The minimum Gasteiger partial charge on any atom is -0.468 e. The summed E-state index contributed by atoms with van der Waals surface area (Å²) >= 11 is 0. The third-order valence-corrected chi connectivity index (χ3v) is 1.97. The molecule has 13 heavy (non-hydrogen) atoms. The van der Waals surface area contributed by atoms with Gasteiger partial charge in [0.05, 0.1) is 31.6 Å². The molecule has 0 amide bonds. The van der Waals surface area contributed by atoms with Gasteiger partial charge < -0.3 is 19.9 Å². The highest BCUT2D eigenvalue weighted by atomic mass is 16.3. The van der Waals surface area contributed by atoms with Gasteiger partial charge in [-0.05, 0) is 19.1 Å². The zero-order valence-corrected chi connectivity index (χ0v) is 7.66. The Morgan fingerprint density at radius 1 is 1.46 bits per heavy atom. The van der Waals surface area contributed by atoms with Gasteiger partial charge in [-0.3, -0.25) is 0 Å². The number of rotatable bonds is 5. The second-order valence-corrected chi connectivity index (χ2v) is 3.31. The Morgan fingerprint density at radius 2 is 2.15 bits per heavy atom. The van der Waals surface area contributed by atoms with E-state index in [1.165, 1.54) is 0 Å². The van der Waals surface area contributed by atoms with Gasteiger partial charge in [0.1, 0.15) is 5.76 Å². The van der Waals surface area contributed by atoms with E-state index in [2.05, 4.69) is 5.32 Å². The van der Waals surface area contributed by atoms with E-state index < -0.39 is 5.54 Å². The molecule has 0 spiro atoms. The summed E-state index contributed by atoms with van der Waals surface area (Å²) in [5, 5.41) is 20.9. The van der Waals surface area contributed by atoms with Crippen molar-refractivity contribution in [1.82, 2.24) is 5.32 Å². The van der Waals surface area contributed by atoms with Gasteiger partial charge in [-0.25, -0.2) is 0 Å². The van der Waals surface area contributed by atoms with Crippen LogP contribution in [0.2, 0.25) is 0 Å². The number of aliphatic hydroxyl groups excluding tert-OH is 2.